The highest BCUT2D eigenvalue weighted by molar-refractivity contribution is 5.98. The van der Waals surface area contributed by atoms with Crippen LogP contribution in [0.25, 0.3) is 10.9 Å². The third kappa shape index (κ3) is 2.18. The monoisotopic (exact) mass is 272 g/mol. The molecular weight excluding hydrogens is 252 g/mol. The van der Waals surface area contributed by atoms with E-state index in [0.717, 1.165) is 30.3 Å². The van der Waals surface area contributed by atoms with Crippen molar-refractivity contribution in [3.8, 4) is 0 Å². The van der Waals surface area contributed by atoms with E-state index in [4.69, 9.17) is 5.73 Å². The van der Waals surface area contributed by atoms with Gasteiger partial charge in [-0.2, -0.15) is 5.10 Å². The van der Waals surface area contributed by atoms with Crippen molar-refractivity contribution in [1.82, 2.24) is 15.1 Å². The van der Waals surface area contributed by atoms with Crippen LogP contribution < -0.4 is 5.73 Å². The Morgan fingerprint density at radius 3 is 3.20 bits per heavy atom. The minimum absolute atomic E-state index is 0.0788. The Morgan fingerprint density at radius 1 is 1.55 bits per heavy atom. The number of piperidine rings is 1. The van der Waals surface area contributed by atoms with Crippen molar-refractivity contribution >= 4 is 16.8 Å². The molecular formula is C15H20N4O. The van der Waals surface area contributed by atoms with Crippen molar-refractivity contribution in [3.63, 3.8) is 0 Å². The van der Waals surface area contributed by atoms with Gasteiger partial charge in [-0.15, -0.1) is 0 Å². The molecule has 0 bridgehead atoms. The molecule has 20 heavy (non-hydrogen) atoms. The summed E-state index contributed by atoms with van der Waals surface area (Å²) in [6, 6.07) is 5.81. The predicted octanol–water partition coefficient (Wildman–Crippen LogP) is 1.76. The molecule has 1 aliphatic heterocycles. The summed E-state index contributed by atoms with van der Waals surface area (Å²) in [6.45, 7) is 3.51. The van der Waals surface area contributed by atoms with Gasteiger partial charge in [0.15, 0.2) is 0 Å². The first kappa shape index (κ1) is 13.1. The molecule has 0 saturated carbocycles. The highest BCUT2D eigenvalue weighted by atomic mass is 16.2. The first-order valence-electron chi connectivity index (χ1n) is 7.15. The summed E-state index contributed by atoms with van der Waals surface area (Å²) in [4.78, 5) is 14.7. The average Bonchev–Trinajstić information content (AvgIpc) is 2.93. The van der Waals surface area contributed by atoms with Gasteiger partial charge in [0.25, 0.3) is 5.91 Å². The number of carbonyl (C=O) groups is 1. The number of hydrogen-bond donors (Lipinski definition) is 2. The molecule has 0 spiro atoms. The molecule has 1 aromatic heterocycles. The zero-order valence-corrected chi connectivity index (χ0v) is 11.7. The topological polar surface area (TPSA) is 75.0 Å². The maximum absolute atomic E-state index is 12.7. The summed E-state index contributed by atoms with van der Waals surface area (Å²) in [5.74, 6) is 0.547. The van der Waals surface area contributed by atoms with Crippen molar-refractivity contribution in [2.75, 3.05) is 13.1 Å². The lowest BCUT2D eigenvalue weighted by Gasteiger charge is -2.39. The van der Waals surface area contributed by atoms with Crippen LogP contribution in [0.2, 0.25) is 0 Å². The number of fused-ring (bicyclic) bond motifs is 1. The second-order valence-electron chi connectivity index (χ2n) is 5.59. The van der Waals surface area contributed by atoms with Crippen molar-refractivity contribution in [2.24, 2.45) is 11.7 Å². The van der Waals surface area contributed by atoms with Crippen LogP contribution in [0.1, 0.15) is 30.1 Å². The number of nitrogens with zero attached hydrogens (tertiary/aromatic N) is 2. The Morgan fingerprint density at radius 2 is 2.40 bits per heavy atom. The number of likely N-dealkylation sites (tertiary alicyclic amines) is 1. The molecule has 2 unspecified atom stereocenters. The van der Waals surface area contributed by atoms with Gasteiger partial charge in [-0.1, -0.05) is 6.92 Å². The van der Waals surface area contributed by atoms with Crippen LogP contribution in [-0.4, -0.2) is 40.1 Å². The highest BCUT2D eigenvalue weighted by Crippen LogP contribution is 2.25. The molecule has 2 aromatic rings. The van der Waals surface area contributed by atoms with Crippen LogP contribution in [0.15, 0.2) is 24.4 Å². The van der Waals surface area contributed by atoms with E-state index in [9.17, 15) is 4.79 Å². The molecule has 1 aromatic carbocycles. The van der Waals surface area contributed by atoms with Gasteiger partial charge < -0.3 is 10.6 Å². The van der Waals surface area contributed by atoms with Gasteiger partial charge in [0, 0.05) is 30.1 Å². The van der Waals surface area contributed by atoms with Crippen LogP contribution in [0.4, 0.5) is 0 Å². The second kappa shape index (κ2) is 5.25. The number of aromatic amines is 1. The van der Waals surface area contributed by atoms with Gasteiger partial charge in [0.1, 0.15) is 0 Å². The van der Waals surface area contributed by atoms with Crippen LogP contribution in [0.3, 0.4) is 0 Å². The number of nitrogens with two attached hydrogens (primary N) is 1. The first-order valence-corrected chi connectivity index (χ1v) is 7.15. The molecule has 1 amide bonds. The number of carbonyl (C=O) groups excluding carboxylic acids is 1. The number of benzene rings is 1. The molecule has 1 aliphatic rings. The van der Waals surface area contributed by atoms with Crippen LogP contribution in [0.5, 0.6) is 0 Å². The van der Waals surface area contributed by atoms with Gasteiger partial charge in [-0.05, 0) is 37.0 Å². The van der Waals surface area contributed by atoms with Gasteiger partial charge >= 0.3 is 0 Å². The Bertz CT molecular complexity index is 621. The lowest BCUT2D eigenvalue weighted by atomic mass is 9.90. The Hall–Kier alpha value is -1.88. The van der Waals surface area contributed by atoms with Gasteiger partial charge in [0.2, 0.25) is 0 Å². The van der Waals surface area contributed by atoms with Gasteiger partial charge in [-0.25, -0.2) is 0 Å². The molecule has 3 N–H and O–H groups in total. The summed E-state index contributed by atoms with van der Waals surface area (Å²) in [7, 11) is 0. The normalized spacial score (nSPS) is 23.2. The van der Waals surface area contributed by atoms with E-state index < -0.39 is 0 Å². The van der Waals surface area contributed by atoms with Crippen molar-refractivity contribution < 1.29 is 4.79 Å². The summed E-state index contributed by atoms with van der Waals surface area (Å²) >= 11 is 0. The molecule has 2 heterocycles. The number of rotatable bonds is 2. The SMILES string of the molecule is CC1CCCN(C(=O)c2ccc3[nH]ncc3c2)C1CN. The lowest BCUT2D eigenvalue weighted by molar-refractivity contribution is 0.0533. The summed E-state index contributed by atoms with van der Waals surface area (Å²) in [5, 5.41) is 7.85. The third-order valence-electron chi connectivity index (χ3n) is 4.31. The molecule has 2 atom stereocenters. The van der Waals surface area contributed by atoms with Crippen LogP contribution in [0, 0.1) is 5.92 Å². The molecule has 1 fully saturated rings. The fraction of sp³-hybridized carbons (Fsp3) is 0.467. The smallest absolute Gasteiger partial charge is 0.254 e. The maximum Gasteiger partial charge on any atom is 0.254 e. The van der Waals surface area contributed by atoms with Crippen molar-refractivity contribution in [3.05, 3.63) is 30.0 Å². The van der Waals surface area contributed by atoms with Crippen LogP contribution >= 0.6 is 0 Å². The minimum Gasteiger partial charge on any atom is -0.334 e. The molecule has 1 saturated heterocycles. The Kier molecular flexibility index (Phi) is 3.44. The van der Waals surface area contributed by atoms with E-state index in [0.29, 0.717) is 18.0 Å². The number of hydrogen-bond acceptors (Lipinski definition) is 3. The van der Waals surface area contributed by atoms with Crippen molar-refractivity contribution in [1.29, 1.82) is 0 Å². The zero-order valence-electron chi connectivity index (χ0n) is 11.7. The van der Waals surface area contributed by atoms with Crippen LogP contribution in [-0.2, 0) is 0 Å². The Balaban J connectivity index is 1.90. The standard InChI is InChI=1S/C15H20N4O/c1-10-3-2-6-19(14(10)8-16)15(20)11-4-5-13-12(7-11)9-17-18-13/h4-5,7,9-10,14H,2-3,6,8,16H2,1H3,(H,17,18). The molecule has 0 radical (unpaired) electrons. The Labute approximate surface area is 118 Å². The van der Waals surface area contributed by atoms with Crippen molar-refractivity contribution in [2.45, 2.75) is 25.8 Å². The number of amides is 1. The number of H-pyrrole nitrogens is 1. The predicted molar refractivity (Wildman–Crippen MR) is 78.4 cm³/mol. The van der Waals surface area contributed by atoms with Gasteiger partial charge in [0.05, 0.1) is 11.7 Å². The van der Waals surface area contributed by atoms with E-state index in [2.05, 4.69) is 17.1 Å². The number of aromatic nitrogens is 2. The second-order valence-corrected chi connectivity index (χ2v) is 5.59. The molecule has 5 heteroatoms. The first-order chi connectivity index (χ1) is 9.70. The fourth-order valence-corrected chi connectivity index (χ4v) is 3.10. The average molecular weight is 272 g/mol. The summed E-state index contributed by atoms with van der Waals surface area (Å²) in [5.41, 5.74) is 7.53. The van der Waals surface area contributed by atoms with E-state index in [1.165, 1.54) is 0 Å². The molecule has 106 valence electrons. The lowest BCUT2D eigenvalue weighted by Crippen LogP contribution is -2.51. The van der Waals surface area contributed by atoms with E-state index >= 15 is 0 Å². The fourth-order valence-electron chi connectivity index (χ4n) is 3.10. The molecule has 0 aliphatic carbocycles. The highest BCUT2D eigenvalue weighted by Gasteiger charge is 2.31. The largest absolute Gasteiger partial charge is 0.334 e. The van der Waals surface area contributed by atoms with E-state index in [1.807, 2.05) is 23.1 Å². The number of nitrogens with one attached hydrogen (secondary N) is 1. The van der Waals surface area contributed by atoms with E-state index in [1.54, 1.807) is 6.20 Å². The zero-order chi connectivity index (χ0) is 14.1. The van der Waals surface area contributed by atoms with E-state index in [-0.39, 0.29) is 11.9 Å². The molecule has 3 rings (SSSR count). The van der Waals surface area contributed by atoms with Gasteiger partial charge in [-0.3, -0.25) is 9.89 Å². The third-order valence-corrected chi connectivity index (χ3v) is 4.31. The maximum atomic E-state index is 12.7. The quantitative estimate of drug-likeness (QED) is 0.874. The molecule has 5 nitrogen and oxygen atoms in total. The summed E-state index contributed by atoms with van der Waals surface area (Å²) < 4.78 is 0. The minimum atomic E-state index is 0.0788. The summed E-state index contributed by atoms with van der Waals surface area (Å²) in [6.07, 6.45) is 3.94.